The van der Waals surface area contributed by atoms with Crippen LogP contribution in [0.4, 0.5) is 5.69 Å². The monoisotopic (exact) mass is 402 g/mol. The normalized spacial score (nSPS) is 10.1. The molecule has 2 aromatic heterocycles. The smallest absolute Gasteiger partial charge is 0.156 e. The first-order valence-corrected chi connectivity index (χ1v) is 10.2. The minimum Gasteiger partial charge on any atom is -0.398 e. The average molecular weight is 403 g/mol. The highest BCUT2D eigenvalue weighted by molar-refractivity contribution is 5.76. The number of allylic oxidation sites excluding steroid dienone is 1. The second-order valence-electron chi connectivity index (χ2n) is 6.79. The van der Waals surface area contributed by atoms with Gasteiger partial charge in [0.15, 0.2) is 5.65 Å². The van der Waals surface area contributed by atoms with Gasteiger partial charge in [-0.25, -0.2) is 9.50 Å². The van der Waals surface area contributed by atoms with Crippen molar-refractivity contribution < 1.29 is 0 Å². The van der Waals surface area contributed by atoms with Crippen LogP contribution in [-0.4, -0.2) is 14.6 Å². The maximum absolute atomic E-state index is 9.26. The number of rotatable bonds is 7. The SMILES string of the molecule is C=C(NCc1ccc(CCC)c(N)c1)c1cc(C(=C)C#N)n2nc(C)cc2n1.CC. The molecule has 6 nitrogen and oxygen atoms in total. The van der Waals surface area contributed by atoms with E-state index in [1.54, 1.807) is 10.6 Å². The maximum atomic E-state index is 9.26. The Balaban J connectivity index is 0.00000155. The third-order valence-corrected chi connectivity index (χ3v) is 4.54. The highest BCUT2D eigenvalue weighted by Crippen LogP contribution is 2.20. The minimum atomic E-state index is 0.323. The maximum Gasteiger partial charge on any atom is 0.156 e. The van der Waals surface area contributed by atoms with Gasteiger partial charge < -0.3 is 11.1 Å². The number of nitriles is 1. The molecule has 0 aliphatic rings. The molecule has 2 heterocycles. The van der Waals surface area contributed by atoms with Gasteiger partial charge in [0.1, 0.15) is 6.07 Å². The van der Waals surface area contributed by atoms with Gasteiger partial charge in [-0.3, -0.25) is 0 Å². The van der Waals surface area contributed by atoms with Crippen molar-refractivity contribution in [1.82, 2.24) is 19.9 Å². The van der Waals surface area contributed by atoms with Gasteiger partial charge in [0.2, 0.25) is 0 Å². The molecule has 0 fully saturated rings. The largest absolute Gasteiger partial charge is 0.398 e. The third kappa shape index (κ3) is 5.06. The minimum absolute atomic E-state index is 0.323. The van der Waals surface area contributed by atoms with Crippen LogP contribution in [0.1, 0.15) is 55.4 Å². The van der Waals surface area contributed by atoms with Gasteiger partial charge in [-0.15, -0.1) is 0 Å². The molecular weight excluding hydrogens is 372 g/mol. The van der Waals surface area contributed by atoms with Crippen LogP contribution in [0.25, 0.3) is 16.9 Å². The summed E-state index contributed by atoms with van der Waals surface area (Å²) in [5.74, 6) is 0. The number of benzene rings is 1. The lowest BCUT2D eigenvalue weighted by atomic mass is 10.1. The lowest BCUT2D eigenvalue weighted by Crippen LogP contribution is -2.13. The zero-order valence-electron chi connectivity index (χ0n) is 18.3. The second kappa shape index (κ2) is 10.3. The third-order valence-electron chi connectivity index (χ3n) is 4.54. The molecule has 3 rings (SSSR count). The lowest BCUT2D eigenvalue weighted by Gasteiger charge is -2.13. The number of nitrogen functional groups attached to an aromatic ring is 1. The van der Waals surface area contributed by atoms with E-state index in [2.05, 4.69) is 53.7 Å². The Bertz CT molecular complexity index is 1100. The summed E-state index contributed by atoms with van der Waals surface area (Å²) in [6.07, 6.45) is 2.05. The Hall–Kier alpha value is -3.59. The van der Waals surface area contributed by atoms with Crippen LogP contribution >= 0.6 is 0 Å². The molecule has 6 heteroatoms. The topological polar surface area (TPSA) is 92.0 Å². The molecule has 0 unspecified atom stereocenters. The van der Waals surface area contributed by atoms with E-state index in [1.165, 1.54) is 5.56 Å². The van der Waals surface area contributed by atoms with E-state index in [1.807, 2.05) is 32.9 Å². The van der Waals surface area contributed by atoms with Gasteiger partial charge in [-0.05, 0) is 36.6 Å². The summed E-state index contributed by atoms with van der Waals surface area (Å²) in [6.45, 7) is 16.5. The highest BCUT2D eigenvalue weighted by atomic mass is 15.3. The van der Waals surface area contributed by atoms with E-state index in [-0.39, 0.29) is 0 Å². The summed E-state index contributed by atoms with van der Waals surface area (Å²) >= 11 is 0. The molecule has 0 saturated carbocycles. The Morgan fingerprint density at radius 3 is 2.60 bits per heavy atom. The number of nitrogens with one attached hydrogen (secondary N) is 1. The number of aromatic nitrogens is 3. The fourth-order valence-electron chi connectivity index (χ4n) is 3.07. The zero-order chi connectivity index (χ0) is 22.3. The van der Waals surface area contributed by atoms with E-state index in [4.69, 9.17) is 5.73 Å². The summed E-state index contributed by atoms with van der Waals surface area (Å²) in [5, 5.41) is 16.9. The Morgan fingerprint density at radius 1 is 1.23 bits per heavy atom. The number of fused-ring (bicyclic) bond motifs is 1. The number of hydrogen-bond donors (Lipinski definition) is 2. The highest BCUT2D eigenvalue weighted by Gasteiger charge is 2.12. The van der Waals surface area contributed by atoms with Gasteiger partial charge in [-0.2, -0.15) is 10.4 Å². The molecule has 0 amide bonds. The van der Waals surface area contributed by atoms with E-state index < -0.39 is 0 Å². The van der Waals surface area contributed by atoms with Crippen LogP contribution in [0.5, 0.6) is 0 Å². The molecule has 0 bridgehead atoms. The van der Waals surface area contributed by atoms with Crippen molar-refractivity contribution in [2.45, 2.75) is 47.1 Å². The van der Waals surface area contributed by atoms with E-state index >= 15 is 0 Å². The first-order valence-electron chi connectivity index (χ1n) is 10.2. The van der Waals surface area contributed by atoms with Crippen molar-refractivity contribution in [2.75, 3.05) is 5.73 Å². The van der Waals surface area contributed by atoms with E-state index in [9.17, 15) is 5.26 Å². The molecule has 1 aromatic carbocycles. The van der Waals surface area contributed by atoms with Crippen LogP contribution in [0.15, 0.2) is 43.5 Å². The van der Waals surface area contributed by atoms with Gasteiger partial charge in [0.05, 0.1) is 28.4 Å². The molecule has 3 N–H and O–H groups in total. The van der Waals surface area contributed by atoms with Gasteiger partial charge in [0.25, 0.3) is 0 Å². The summed E-state index contributed by atoms with van der Waals surface area (Å²) in [5.41, 5.74) is 12.9. The zero-order valence-corrected chi connectivity index (χ0v) is 18.3. The molecule has 0 radical (unpaired) electrons. The molecule has 30 heavy (non-hydrogen) atoms. The fraction of sp³-hybridized carbons (Fsp3) is 0.292. The summed E-state index contributed by atoms with van der Waals surface area (Å²) in [7, 11) is 0. The van der Waals surface area contributed by atoms with Crippen molar-refractivity contribution in [3.8, 4) is 6.07 Å². The van der Waals surface area contributed by atoms with Gasteiger partial charge in [-0.1, -0.05) is 52.5 Å². The second-order valence-corrected chi connectivity index (χ2v) is 6.79. The Labute approximate surface area is 178 Å². The summed E-state index contributed by atoms with van der Waals surface area (Å²) in [4.78, 5) is 4.60. The van der Waals surface area contributed by atoms with Crippen molar-refractivity contribution >= 4 is 22.6 Å². The first-order chi connectivity index (χ1) is 14.4. The van der Waals surface area contributed by atoms with Crippen molar-refractivity contribution in [2.24, 2.45) is 0 Å². The summed E-state index contributed by atoms with van der Waals surface area (Å²) < 4.78 is 1.63. The van der Waals surface area contributed by atoms with Crippen LogP contribution in [-0.2, 0) is 13.0 Å². The van der Waals surface area contributed by atoms with Crippen molar-refractivity contribution in [3.05, 3.63) is 71.7 Å². The average Bonchev–Trinajstić information content (AvgIpc) is 3.14. The molecule has 0 spiro atoms. The van der Waals surface area contributed by atoms with Crippen molar-refractivity contribution in [1.29, 1.82) is 5.26 Å². The fourth-order valence-corrected chi connectivity index (χ4v) is 3.07. The molecule has 0 aliphatic carbocycles. The lowest BCUT2D eigenvalue weighted by molar-refractivity contribution is 0.868. The number of anilines is 1. The molecular formula is C24H30N6. The van der Waals surface area contributed by atoms with Crippen LogP contribution < -0.4 is 11.1 Å². The number of aryl methyl sites for hydroxylation is 2. The molecule has 0 aliphatic heterocycles. The summed E-state index contributed by atoms with van der Waals surface area (Å²) in [6, 6.07) is 11.9. The Morgan fingerprint density at radius 2 is 1.97 bits per heavy atom. The number of nitrogens with zero attached hydrogens (tertiary/aromatic N) is 4. The predicted octanol–water partition coefficient (Wildman–Crippen LogP) is 4.90. The van der Waals surface area contributed by atoms with E-state index in [0.29, 0.717) is 34.8 Å². The van der Waals surface area contributed by atoms with Crippen molar-refractivity contribution in [3.63, 3.8) is 0 Å². The van der Waals surface area contributed by atoms with Gasteiger partial charge >= 0.3 is 0 Å². The molecule has 0 atom stereocenters. The molecule has 3 aromatic rings. The predicted molar refractivity (Wildman–Crippen MR) is 124 cm³/mol. The van der Waals surface area contributed by atoms with Crippen LogP contribution in [0.3, 0.4) is 0 Å². The van der Waals surface area contributed by atoms with Gasteiger partial charge in [0, 0.05) is 18.3 Å². The molecule has 156 valence electrons. The molecule has 0 saturated heterocycles. The van der Waals surface area contributed by atoms with Crippen LogP contribution in [0.2, 0.25) is 0 Å². The van der Waals surface area contributed by atoms with Crippen LogP contribution in [0, 0.1) is 18.3 Å². The number of nitrogens with two attached hydrogens (primary N) is 1. The number of hydrogen-bond acceptors (Lipinski definition) is 5. The Kier molecular flexibility index (Phi) is 7.76. The quantitative estimate of drug-likeness (QED) is 0.433. The standard InChI is InChI=1S/C22H24N6.C2H6/c1-5-6-18-8-7-17(10-19(18)24)13-25-16(4)20-11-21(14(2)12-23)28-22(26-20)9-15(3)27-28;1-2/h7-11,25H,2,4-6,13,24H2,1,3H3;1-2H3. The van der Waals surface area contributed by atoms with E-state index in [0.717, 1.165) is 29.8 Å². The first kappa shape index (κ1) is 22.7.